The van der Waals surface area contributed by atoms with E-state index in [-0.39, 0.29) is 6.54 Å². The van der Waals surface area contributed by atoms with E-state index in [2.05, 4.69) is 10.7 Å². The van der Waals surface area contributed by atoms with Crippen LogP contribution in [0.2, 0.25) is 0 Å². The topological polar surface area (TPSA) is 94.8 Å². The Labute approximate surface area is 168 Å². The molecule has 0 atom stereocenters. The predicted molar refractivity (Wildman–Crippen MR) is 113 cm³/mol. The third kappa shape index (κ3) is 5.74. The lowest BCUT2D eigenvalue weighted by Gasteiger charge is -2.32. The molecule has 0 aromatic heterocycles. The van der Waals surface area contributed by atoms with Crippen LogP contribution >= 0.6 is 0 Å². The molecule has 2 rings (SSSR count). The van der Waals surface area contributed by atoms with Gasteiger partial charge < -0.3 is 24.8 Å². The third-order valence-electron chi connectivity index (χ3n) is 4.80. The van der Waals surface area contributed by atoms with Crippen molar-refractivity contribution in [2.24, 2.45) is 5.84 Å². The number of benzene rings is 1. The second kappa shape index (κ2) is 8.15. The number of rotatable bonds is 5. The van der Waals surface area contributed by atoms with Gasteiger partial charge in [-0.1, -0.05) is 18.2 Å². The summed E-state index contributed by atoms with van der Waals surface area (Å²) in [5.74, 6) is 5.51. The summed E-state index contributed by atoms with van der Waals surface area (Å²) in [6.45, 7) is 13.7. The monoisotopic (exact) mass is 389 g/mol. The van der Waals surface area contributed by atoms with E-state index in [4.69, 9.17) is 19.9 Å². The maximum atomic E-state index is 12.1. The number of ether oxygens (including phenoxy) is 1. The minimum absolute atomic E-state index is 0.228. The van der Waals surface area contributed by atoms with Gasteiger partial charge in [0.1, 0.15) is 5.60 Å². The van der Waals surface area contributed by atoms with E-state index in [1.54, 1.807) is 0 Å². The minimum Gasteiger partial charge on any atom is -0.444 e. The van der Waals surface area contributed by atoms with E-state index in [0.717, 1.165) is 16.7 Å². The zero-order chi connectivity index (χ0) is 21.2. The zero-order valence-corrected chi connectivity index (χ0v) is 17.9. The summed E-state index contributed by atoms with van der Waals surface area (Å²) in [4.78, 5) is 12.1. The van der Waals surface area contributed by atoms with Crippen molar-refractivity contribution < 1.29 is 18.8 Å². The summed E-state index contributed by atoms with van der Waals surface area (Å²) in [6, 6.07) is 7.60. The molecule has 1 amide bonds. The number of alkyl carbamates (subject to hydrolysis) is 1. The van der Waals surface area contributed by atoms with Crippen molar-refractivity contribution in [3.8, 4) is 0 Å². The summed E-state index contributed by atoms with van der Waals surface area (Å²) in [5, 5.41) is 2.79. The Morgan fingerprint density at radius 1 is 1.21 bits per heavy atom. The normalized spacial score (nSPS) is 18.7. The Kier molecular flexibility index (Phi) is 6.48. The molecule has 0 saturated carbocycles. The predicted octanol–water partition coefficient (Wildman–Crippen LogP) is 3.51. The summed E-state index contributed by atoms with van der Waals surface area (Å²) >= 11 is 0. The average molecular weight is 389 g/mol. The van der Waals surface area contributed by atoms with Crippen molar-refractivity contribution in [2.75, 3.05) is 12.0 Å². The van der Waals surface area contributed by atoms with Gasteiger partial charge in [0.15, 0.2) is 0 Å². The Hall–Kier alpha value is -2.03. The summed E-state index contributed by atoms with van der Waals surface area (Å²) < 4.78 is 17.7. The molecule has 0 aliphatic carbocycles. The van der Waals surface area contributed by atoms with Crippen LogP contribution in [-0.4, -0.2) is 36.6 Å². The molecular formula is C20H32BN3O4. The molecule has 7 nitrogen and oxygen atoms in total. The molecule has 1 heterocycles. The van der Waals surface area contributed by atoms with E-state index in [1.807, 2.05) is 78.8 Å². The van der Waals surface area contributed by atoms with E-state index in [0.29, 0.717) is 0 Å². The number of hydrazine groups is 1. The molecule has 1 aliphatic heterocycles. The van der Waals surface area contributed by atoms with Gasteiger partial charge in [0.05, 0.1) is 11.2 Å². The van der Waals surface area contributed by atoms with Gasteiger partial charge in [0, 0.05) is 12.2 Å². The zero-order valence-electron chi connectivity index (χ0n) is 17.9. The molecule has 154 valence electrons. The average Bonchev–Trinajstić information content (AvgIpc) is 2.77. The molecular weight excluding hydrogens is 357 g/mol. The molecule has 28 heavy (non-hydrogen) atoms. The van der Waals surface area contributed by atoms with Crippen LogP contribution < -0.4 is 16.6 Å². The van der Waals surface area contributed by atoms with E-state index in [1.165, 1.54) is 0 Å². The van der Waals surface area contributed by atoms with Gasteiger partial charge >= 0.3 is 13.2 Å². The molecule has 1 fully saturated rings. The van der Waals surface area contributed by atoms with Crippen molar-refractivity contribution in [1.82, 2.24) is 5.32 Å². The number of nitrogens with two attached hydrogens (primary N) is 1. The van der Waals surface area contributed by atoms with Crippen LogP contribution in [0.3, 0.4) is 0 Å². The standard InChI is InChI=1S/C20H32BN3O4/c1-18(2,3)26-17(25)23-13-15(11-14-9-8-10-16(12-14)24-22)21-27-19(4,5)20(6,7)28-21/h8-12,24H,13,22H2,1-7H3,(H,23,25). The first kappa shape index (κ1) is 22.3. The largest absolute Gasteiger partial charge is 0.492 e. The summed E-state index contributed by atoms with van der Waals surface area (Å²) in [5.41, 5.74) is 3.56. The number of carbonyl (C=O) groups excluding carboxylic acids is 1. The lowest BCUT2D eigenvalue weighted by atomic mass is 9.77. The molecule has 0 spiro atoms. The molecule has 0 radical (unpaired) electrons. The third-order valence-corrected chi connectivity index (χ3v) is 4.80. The molecule has 1 aromatic carbocycles. The van der Waals surface area contributed by atoms with Gasteiger partial charge in [-0.15, -0.1) is 0 Å². The molecule has 8 heteroatoms. The quantitative estimate of drug-likeness (QED) is 0.405. The van der Waals surface area contributed by atoms with Gasteiger partial charge in [-0.05, 0) is 71.6 Å². The van der Waals surface area contributed by atoms with E-state index in [9.17, 15) is 4.79 Å². The van der Waals surface area contributed by atoms with Gasteiger partial charge in [-0.2, -0.15) is 0 Å². The Balaban J connectivity index is 2.26. The van der Waals surface area contributed by atoms with Crippen LogP contribution in [-0.2, 0) is 14.0 Å². The second-order valence-electron chi connectivity index (χ2n) is 8.93. The molecule has 1 aliphatic rings. The number of hydrogen-bond donors (Lipinski definition) is 3. The lowest BCUT2D eigenvalue weighted by molar-refractivity contribution is 0.00578. The minimum atomic E-state index is -0.588. The number of hydrogen-bond acceptors (Lipinski definition) is 6. The van der Waals surface area contributed by atoms with Gasteiger partial charge in [0.2, 0.25) is 0 Å². The highest BCUT2D eigenvalue weighted by Gasteiger charge is 2.52. The van der Waals surface area contributed by atoms with Crippen LogP contribution in [0.25, 0.3) is 6.08 Å². The summed E-state index contributed by atoms with van der Waals surface area (Å²) in [7, 11) is -0.588. The Morgan fingerprint density at radius 3 is 2.36 bits per heavy atom. The molecule has 0 unspecified atom stereocenters. The van der Waals surface area contributed by atoms with Crippen molar-refractivity contribution >= 4 is 25.0 Å². The Morgan fingerprint density at radius 2 is 1.82 bits per heavy atom. The first-order valence-electron chi connectivity index (χ1n) is 9.43. The van der Waals surface area contributed by atoms with Crippen molar-refractivity contribution in [3.05, 3.63) is 35.3 Å². The fraction of sp³-hybridized carbons (Fsp3) is 0.550. The van der Waals surface area contributed by atoms with Crippen LogP contribution in [0.5, 0.6) is 0 Å². The number of nitrogens with one attached hydrogen (secondary N) is 2. The van der Waals surface area contributed by atoms with Crippen LogP contribution in [0.15, 0.2) is 29.7 Å². The van der Waals surface area contributed by atoms with Crippen LogP contribution in [0.1, 0.15) is 54.0 Å². The first-order valence-corrected chi connectivity index (χ1v) is 9.43. The smallest absolute Gasteiger partial charge is 0.444 e. The number of nitrogen functional groups attached to an aromatic ring is 1. The van der Waals surface area contributed by atoms with Crippen LogP contribution in [0.4, 0.5) is 10.5 Å². The van der Waals surface area contributed by atoms with Crippen LogP contribution in [0, 0.1) is 0 Å². The Bertz CT molecular complexity index is 725. The highest BCUT2D eigenvalue weighted by atomic mass is 16.7. The SMILES string of the molecule is CC(C)(C)OC(=O)NCC(=Cc1cccc(NN)c1)B1OC(C)(C)C(C)(C)O1. The number of carbonyl (C=O) groups is 1. The van der Waals surface area contributed by atoms with Crippen molar-refractivity contribution in [2.45, 2.75) is 65.3 Å². The van der Waals surface area contributed by atoms with Gasteiger partial charge in [0.25, 0.3) is 0 Å². The fourth-order valence-corrected chi connectivity index (χ4v) is 2.62. The molecule has 1 saturated heterocycles. The number of amides is 1. The fourth-order valence-electron chi connectivity index (χ4n) is 2.62. The molecule has 1 aromatic rings. The van der Waals surface area contributed by atoms with Gasteiger partial charge in [-0.25, -0.2) is 4.79 Å². The maximum absolute atomic E-state index is 12.1. The number of anilines is 1. The second-order valence-corrected chi connectivity index (χ2v) is 8.93. The van der Waals surface area contributed by atoms with E-state index >= 15 is 0 Å². The van der Waals surface area contributed by atoms with Crippen molar-refractivity contribution in [3.63, 3.8) is 0 Å². The molecule has 0 bridgehead atoms. The highest BCUT2D eigenvalue weighted by Crippen LogP contribution is 2.38. The first-order chi connectivity index (χ1) is 12.8. The van der Waals surface area contributed by atoms with Gasteiger partial charge in [-0.3, -0.25) is 5.84 Å². The maximum Gasteiger partial charge on any atom is 0.492 e. The van der Waals surface area contributed by atoms with Crippen molar-refractivity contribution in [1.29, 1.82) is 0 Å². The summed E-state index contributed by atoms with van der Waals surface area (Å²) in [6.07, 6.45) is 1.44. The van der Waals surface area contributed by atoms with E-state index < -0.39 is 30.0 Å². The lowest BCUT2D eigenvalue weighted by Crippen LogP contribution is -2.41. The highest BCUT2D eigenvalue weighted by molar-refractivity contribution is 6.56. The molecule has 4 N–H and O–H groups in total.